The Morgan fingerprint density at radius 1 is 1.50 bits per heavy atom. The monoisotopic (exact) mass is 228 g/mol. The van der Waals surface area contributed by atoms with E-state index in [4.69, 9.17) is 4.74 Å². The van der Waals surface area contributed by atoms with Gasteiger partial charge in [-0.1, -0.05) is 0 Å². The zero-order chi connectivity index (χ0) is 11.7. The molecule has 1 saturated heterocycles. The molecule has 5 nitrogen and oxygen atoms in total. The third kappa shape index (κ3) is 2.36. The Balaban J connectivity index is 1.86. The van der Waals surface area contributed by atoms with E-state index in [1.807, 2.05) is 7.05 Å². The average molecular weight is 228 g/mol. The molecule has 0 aromatic carbocycles. The van der Waals surface area contributed by atoms with Crippen molar-refractivity contribution in [2.24, 2.45) is 0 Å². The number of carbonyl (C=O) groups is 1. The average Bonchev–Trinajstić information content (AvgIpc) is 2.23. The van der Waals surface area contributed by atoms with Crippen molar-refractivity contribution in [2.75, 3.05) is 33.8 Å². The van der Waals surface area contributed by atoms with Gasteiger partial charge < -0.3 is 19.6 Å². The molecule has 1 N–H and O–H groups in total. The number of hydrogen-bond donors (Lipinski definition) is 1. The lowest BCUT2D eigenvalue weighted by atomic mass is 9.88. The summed E-state index contributed by atoms with van der Waals surface area (Å²) in [6, 6.07) is 0.193. The lowest BCUT2D eigenvalue weighted by Crippen LogP contribution is -2.54. The molecule has 1 saturated carbocycles. The van der Waals surface area contributed by atoms with Gasteiger partial charge in [-0.2, -0.15) is 0 Å². The van der Waals surface area contributed by atoms with Gasteiger partial charge in [-0.25, -0.2) is 0 Å². The molecular formula is C11H20N2O3. The topological polar surface area (TPSA) is 53.0 Å². The largest absolute Gasteiger partial charge is 0.393 e. The van der Waals surface area contributed by atoms with E-state index in [-0.39, 0.29) is 24.2 Å². The van der Waals surface area contributed by atoms with Crippen molar-refractivity contribution >= 4 is 5.91 Å². The molecule has 2 aliphatic rings. The standard InChI is InChI=1S/C11H20N2O3/c1-12-3-4-16-10(7-12)11(15)13(2)8-5-9(14)6-8/h8-10,14H,3-7H2,1-2H3. The van der Waals surface area contributed by atoms with Crippen molar-refractivity contribution in [3.8, 4) is 0 Å². The summed E-state index contributed by atoms with van der Waals surface area (Å²) in [4.78, 5) is 15.9. The number of ether oxygens (including phenoxy) is 1. The Morgan fingerprint density at radius 3 is 2.75 bits per heavy atom. The molecule has 2 rings (SSSR count). The molecule has 1 aliphatic carbocycles. The number of carbonyl (C=O) groups excluding carboxylic acids is 1. The van der Waals surface area contributed by atoms with Gasteiger partial charge in [-0.15, -0.1) is 0 Å². The van der Waals surface area contributed by atoms with Crippen LogP contribution in [-0.4, -0.2) is 72.9 Å². The van der Waals surface area contributed by atoms with Crippen LogP contribution in [-0.2, 0) is 9.53 Å². The van der Waals surface area contributed by atoms with Crippen LogP contribution in [0.25, 0.3) is 0 Å². The summed E-state index contributed by atoms with van der Waals surface area (Å²) < 4.78 is 5.48. The predicted octanol–water partition coefficient (Wildman–Crippen LogP) is -0.701. The lowest BCUT2D eigenvalue weighted by Gasteiger charge is -2.41. The maximum Gasteiger partial charge on any atom is 0.253 e. The summed E-state index contributed by atoms with van der Waals surface area (Å²) in [5, 5.41) is 9.22. The van der Waals surface area contributed by atoms with Crippen LogP contribution in [0, 0.1) is 0 Å². The van der Waals surface area contributed by atoms with Gasteiger partial charge in [0.25, 0.3) is 5.91 Å². The third-order valence-electron chi connectivity index (χ3n) is 3.53. The van der Waals surface area contributed by atoms with E-state index in [1.54, 1.807) is 11.9 Å². The highest BCUT2D eigenvalue weighted by molar-refractivity contribution is 5.81. The summed E-state index contributed by atoms with van der Waals surface area (Å²) >= 11 is 0. The van der Waals surface area contributed by atoms with Crippen LogP contribution in [0.1, 0.15) is 12.8 Å². The fraction of sp³-hybridized carbons (Fsp3) is 0.909. The molecule has 1 aliphatic heterocycles. The Hall–Kier alpha value is -0.650. The van der Waals surface area contributed by atoms with E-state index >= 15 is 0 Å². The van der Waals surface area contributed by atoms with Gasteiger partial charge in [0.05, 0.1) is 12.7 Å². The van der Waals surface area contributed by atoms with Gasteiger partial charge in [-0.3, -0.25) is 4.79 Å². The first-order valence-corrected chi connectivity index (χ1v) is 5.83. The fourth-order valence-corrected chi connectivity index (χ4v) is 2.21. The van der Waals surface area contributed by atoms with Crippen molar-refractivity contribution in [3.05, 3.63) is 0 Å². The molecule has 92 valence electrons. The highest BCUT2D eigenvalue weighted by Gasteiger charge is 2.36. The molecular weight excluding hydrogens is 208 g/mol. The number of morpholine rings is 1. The summed E-state index contributed by atoms with van der Waals surface area (Å²) in [5.41, 5.74) is 0. The zero-order valence-corrected chi connectivity index (χ0v) is 9.93. The second kappa shape index (κ2) is 4.69. The van der Waals surface area contributed by atoms with Crippen molar-refractivity contribution in [1.82, 2.24) is 9.80 Å². The zero-order valence-electron chi connectivity index (χ0n) is 9.93. The van der Waals surface area contributed by atoms with E-state index in [1.165, 1.54) is 0 Å². The molecule has 0 bridgehead atoms. The first kappa shape index (κ1) is 11.8. The van der Waals surface area contributed by atoms with E-state index in [0.717, 1.165) is 6.54 Å². The smallest absolute Gasteiger partial charge is 0.253 e. The van der Waals surface area contributed by atoms with Gasteiger partial charge >= 0.3 is 0 Å². The maximum absolute atomic E-state index is 12.1. The summed E-state index contributed by atoms with van der Waals surface area (Å²) in [5.74, 6) is 0.0449. The second-order valence-electron chi connectivity index (χ2n) is 4.85. The Bertz CT molecular complexity index is 266. The molecule has 0 aromatic rings. The first-order chi connectivity index (χ1) is 7.58. The lowest BCUT2D eigenvalue weighted by molar-refractivity contribution is -0.153. The van der Waals surface area contributed by atoms with Crippen LogP contribution in [0.15, 0.2) is 0 Å². The highest BCUT2D eigenvalue weighted by atomic mass is 16.5. The summed E-state index contributed by atoms with van der Waals surface area (Å²) in [7, 11) is 3.80. The molecule has 5 heteroatoms. The molecule has 0 aromatic heterocycles. The number of likely N-dealkylation sites (N-methyl/N-ethyl adjacent to an activating group) is 2. The van der Waals surface area contributed by atoms with Crippen LogP contribution >= 0.6 is 0 Å². The molecule has 2 fully saturated rings. The van der Waals surface area contributed by atoms with Gasteiger partial charge in [0, 0.05) is 26.2 Å². The fourth-order valence-electron chi connectivity index (χ4n) is 2.21. The van der Waals surface area contributed by atoms with Gasteiger partial charge in [0.2, 0.25) is 0 Å². The number of amides is 1. The van der Waals surface area contributed by atoms with E-state index in [0.29, 0.717) is 26.0 Å². The van der Waals surface area contributed by atoms with Crippen molar-refractivity contribution in [3.63, 3.8) is 0 Å². The highest BCUT2D eigenvalue weighted by Crippen LogP contribution is 2.25. The SMILES string of the molecule is CN1CCOC(C(=O)N(C)C2CC(O)C2)C1. The molecule has 1 atom stereocenters. The Morgan fingerprint density at radius 2 is 2.19 bits per heavy atom. The Kier molecular flexibility index (Phi) is 3.47. The number of rotatable bonds is 2. The first-order valence-electron chi connectivity index (χ1n) is 5.83. The molecule has 1 unspecified atom stereocenters. The van der Waals surface area contributed by atoms with Crippen LogP contribution in [0.4, 0.5) is 0 Å². The quantitative estimate of drug-likeness (QED) is 0.679. The van der Waals surface area contributed by atoms with E-state index < -0.39 is 0 Å². The van der Waals surface area contributed by atoms with Crippen LogP contribution < -0.4 is 0 Å². The summed E-state index contributed by atoms with van der Waals surface area (Å²) in [6.07, 6.45) is 0.840. The molecule has 1 amide bonds. The predicted molar refractivity (Wildman–Crippen MR) is 59.0 cm³/mol. The normalized spacial score (nSPS) is 35.6. The maximum atomic E-state index is 12.1. The van der Waals surface area contributed by atoms with Gasteiger partial charge in [0.1, 0.15) is 6.10 Å². The molecule has 0 radical (unpaired) electrons. The minimum Gasteiger partial charge on any atom is -0.393 e. The van der Waals surface area contributed by atoms with Crippen LogP contribution in [0.5, 0.6) is 0 Å². The van der Waals surface area contributed by atoms with Crippen molar-refractivity contribution in [1.29, 1.82) is 0 Å². The summed E-state index contributed by atoms with van der Waals surface area (Å²) in [6.45, 7) is 2.17. The minimum absolute atomic E-state index is 0.0449. The Labute approximate surface area is 96.0 Å². The second-order valence-corrected chi connectivity index (χ2v) is 4.85. The number of hydrogen-bond acceptors (Lipinski definition) is 4. The molecule has 0 spiro atoms. The van der Waals surface area contributed by atoms with E-state index in [2.05, 4.69) is 4.90 Å². The number of aliphatic hydroxyl groups is 1. The van der Waals surface area contributed by atoms with Crippen molar-refractivity contribution < 1.29 is 14.6 Å². The van der Waals surface area contributed by atoms with Crippen molar-refractivity contribution in [2.45, 2.75) is 31.1 Å². The number of aliphatic hydroxyl groups excluding tert-OH is 1. The van der Waals surface area contributed by atoms with Crippen LogP contribution in [0.2, 0.25) is 0 Å². The minimum atomic E-state index is -0.332. The number of nitrogens with zero attached hydrogens (tertiary/aromatic N) is 2. The molecule has 16 heavy (non-hydrogen) atoms. The van der Waals surface area contributed by atoms with Gasteiger partial charge in [-0.05, 0) is 19.9 Å². The third-order valence-corrected chi connectivity index (χ3v) is 3.53. The van der Waals surface area contributed by atoms with Gasteiger partial charge in [0.15, 0.2) is 0 Å². The molecule has 1 heterocycles. The van der Waals surface area contributed by atoms with E-state index in [9.17, 15) is 9.90 Å². The van der Waals surface area contributed by atoms with Crippen LogP contribution in [0.3, 0.4) is 0 Å².